The van der Waals surface area contributed by atoms with E-state index in [1.54, 1.807) is 18.2 Å². The number of methoxy groups -OCH3 is 1. The number of hydrogen-bond acceptors (Lipinski definition) is 4. The third-order valence-electron chi connectivity index (χ3n) is 4.77. The minimum absolute atomic E-state index is 0.0363. The average molecular weight is 491 g/mol. The van der Waals surface area contributed by atoms with Crippen molar-refractivity contribution in [1.82, 2.24) is 10.2 Å². The fourth-order valence-corrected chi connectivity index (χ4v) is 3.90. The zero-order chi connectivity index (χ0) is 23.0. The SMILES string of the molecule is CCCN(C(=O)c1ccc(OCC(=O)NC(C)C)c(OC)c1)C(C)c1ccccc1Br. The predicted molar refractivity (Wildman–Crippen MR) is 126 cm³/mol. The Labute approximate surface area is 193 Å². The van der Waals surface area contributed by atoms with Gasteiger partial charge < -0.3 is 19.7 Å². The molecule has 31 heavy (non-hydrogen) atoms. The molecule has 1 atom stereocenters. The summed E-state index contributed by atoms with van der Waals surface area (Å²) >= 11 is 3.59. The average Bonchev–Trinajstić information content (AvgIpc) is 2.75. The highest BCUT2D eigenvalue weighted by Crippen LogP contribution is 2.32. The van der Waals surface area contributed by atoms with Gasteiger partial charge in [-0.25, -0.2) is 0 Å². The summed E-state index contributed by atoms with van der Waals surface area (Å²) in [5.41, 5.74) is 1.55. The van der Waals surface area contributed by atoms with Gasteiger partial charge in [-0.2, -0.15) is 0 Å². The van der Waals surface area contributed by atoms with Gasteiger partial charge in [-0.3, -0.25) is 9.59 Å². The van der Waals surface area contributed by atoms with Crippen LogP contribution in [0.15, 0.2) is 46.9 Å². The van der Waals surface area contributed by atoms with Crippen LogP contribution in [0.2, 0.25) is 0 Å². The molecule has 2 amide bonds. The number of carbonyl (C=O) groups excluding carboxylic acids is 2. The Morgan fingerprint density at radius 2 is 1.81 bits per heavy atom. The van der Waals surface area contributed by atoms with E-state index in [0.717, 1.165) is 16.5 Å². The number of rotatable bonds is 10. The first-order valence-electron chi connectivity index (χ1n) is 10.4. The normalized spacial score (nSPS) is 11.7. The van der Waals surface area contributed by atoms with Crippen molar-refractivity contribution in [3.05, 3.63) is 58.1 Å². The van der Waals surface area contributed by atoms with Gasteiger partial charge in [0.25, 0.3) is 11.8 Å². The monoisotopic (exact) mass is 490 g/mol. The molecule has 0 heterocycles. The topological polar surface area (TPSA) is 67.9 Å². The molecule has 0 aliphatic rings. The Kier molecular flexibility index (Phi) is 9.37. The van der Waals surface area contributed by atoms with Crippen molar-refractivity contribution in [3.63, 3.8) is 0 Å². The second kappa shape index (κ2) is 11.7. The summed E-state index contributed by atoms with van der Waals surface area (Å²) in [5.74, 6) is 0.521. The molecule has 168 valence electrons. The zero-order valence-electron chi connectivity index (χ0n) is 18.8. The van der Waals surface area contributed by atoms with Crippen LogP contribution in [-0.2, 0) is 4.79 Å². The number of hydrogen-bond donors (Lipinski definition) is 1. The maximum absolute atomic E-state index is 13.4. The fourth-order valence-electron chi connectivity index (χ4n) is 3.29. The molecule has 0 spiro atoms. The lowest BCUT2D eigenvalue weighted by molar-refractivity contribution is -0.123. The van der Waals surface area contributed by atoms with Gasteiger partial charge in [-0.1, -0.05) is 41.1 Å². The largest absolute Gasteiger partial charge is 0.493 e. The standard InChI is InChI=1S/C24H31BrN2O4/c1-6-13-27(17(4)19-9-7-8-10-20(19)25)24(29)18-11-12-21(22(14-18)30-5)31-15-23(28)26-16(2)3/h7-12,14,16-17H,6,13,15H2,1-5H3,(H,26,28). The summed E-state index contributed by atoms with van der Waals surface area (Å²) in [7, 11) is 1.51. The van der Waals surface area contributed by atoms with Crippen molar-refractivity contribution in [3.8, 4) is 11.5 Å². The van der Waals surface area contributed by atoms with E-state index in [2.05, 4.69) is 21.2 Å². The van der Waals surface area contributed by atoms with Gasteiger partial charge in [0.15, 0.2) is 18.1 Å². The molecular weight excluding hydrogens is 460 g/mol. The molecule has 2 rings (SSSR count). The highest BCUT2D eigenvalue weighted by atomic mass is 79.9. The molecule has 0 saturated carbocycles. The van der Waals surface area contributed by atoms with Crippen molar-refractivity contribution in [2.24, 2.45) is 0 Å². The Morgan fingerprint density at radius 3 is 2.42 bits per heavy atom. The molecule has 0 bridgehead atoms. The fraction of sp³-hybridized carbons (Fsp3) is 0.417. The smallest absolute Gasteiger partial charge is 0.258 e. The van der Waals surface area contributed by atoms with E-state index in [1.807, 2.05) is 56.9 Å². The number of benzene rings is 2. The second-order valence-corrected chi connectivity index (χ2v) is 8.43. The molecule has 1 N–H and O–H groups in total. The molecule has 2 aromatic carbocycles. The van der Waals surface area contributed by atoms with Crippen molar-refractivity contribution < 1.29 is 19.1 Å². The van der Waals surface area contributed by atoms with Crippen LogP contribution in [0.4, 0.5) is 0 Å². The van der Waals surface area contributed by atoms with E-state index in [9.17, 15) is 9.59 Å². The van der Waals surface area contributed by atoms with Crippen molar-refractivity contribution >= 4 is 27.7 Å². The number of nitrogens with one attached hydrogen (secondary N) is 1. The van der Waals surface area contributed by atoms with E-state index >= 15 is 0 Å². The van der Waals surface area contributed by atoms with Crippen LogP contribution in [-0.4, -0.2) is 43.0 Å². The van der Waals surface area contributed by atoms with Crippen LogP contribution in [0, 0.1) is 0 Å². The lowest BCUT2D eigenvalue weighted by Crippen LogP contribution is -2.34. The van der Waals surface area contributed by atoms with Gasteiger partial charge in [0.05, 0.1) is 13.2 Å². The van der Waals surface area contributed by atoms with Crippen LogP contribution >= 0.6 is 15.9 Å². The summed E-state index contributed by atoms with van der Waals surface area (Å²) in [4.78, 5) is 27.1. The predicted octanol–water partition coefficient (Wildman–Crippen LogP) is 4.97. The first-order chi connectivity index (χ1) is 14.8. The molecule has 0 aliphatic heterocycles. The van der Waals surface area contributed by atoms with Gasteiger partial charge in [-0.15, -0.1) is 0 Å². The van der Waals surface area contributed by atoms with Crippen LogP contribution in [0.5, 0.6) is 11.5 Å². The third-order valence-corrected chi connectivity index (χ3v) is 5.49. The van der Waals surface area contributed by atoms with Crippen LogP contribution < -0.4 is 14.8 Å². The lowest BCUT2D eigenvalue weighted by atomic mass is 10.0. The first kappa shape index (κ1) is 24.7. The number of halogens is 1. The molecule has 0 saturated heterocycles. The Hall–Kier alpha value is -2.54. The van der Waals surface area contributed by atoms with E-state index < -0.39 is 0 Å². The van der Waals surface area contributed by atoms with Crippen molar-refractivity contribution in [1.29, 1.82) is 0 Å². The quantitative estimate of drug-likeness (QED) is 0.510. The molecular formula is C24H31BrN2O4. The maximum Gasteiger partial charge on any atom is 0.258 e. The Morgan fingerprint density at radius 1 is 1.10 bits per heavy atom. The minimum atomic E-state index is -0.214. The van der Waals surface area contributed by atoms with Gasteiger partial charge in [-0.05, 0) is 57.0 Å². The van der Waals surface area contributed by atoms with Crippen LogP contribution in [0.3, 0.4) is 0 Å². The molecule has 6 nitrogen and oxygen atoms in total. The van der Waals surface area contributed by atoms with E-state index in [-0.39, 0.29) is 30.5 Å². The number of carbonyl (C=O) groups is 2. The summed E-state index contributed by atoms with van der Waals surface area (Å²) in [5, 5.41) is 2.77. The van der Waals surface area contributed by atoms with Gasteiger partial charge in [0.1, 0.15) is 0 Å². The van der Waals surface area contributed by atoms with Crippen molar-refractivity contribution in [2.45, 2.75) is 46.2 Å². The highest BCUT2D eigenvalue weighted by Gasteiger charge is 2.24. The third kappa shape index (κ3) is 6.72. The van der Waals surface area contributed by atoms with Crippen molar-refractivity contribution in [2.75, 3.05) is 20.3 Å². The van der Waals surface area contributed by atoms with Gasteiger partial charge in [0, 0.05) is 22.6 Å². The number of ether oxygens (including phenoxy) is 2. The molecule has 1 unspecified atom stereocenters. The van der Waals surface area contributed by atoms with E-state index in [1.165, 1.54) is 7.11 Å². The lowest BCUT2D eigenvalue weighted by Gasteiger charge is -2.30. The molecule has 0 aromatic heterocycles. The minimum Gasteiger partial charge on any atom is -0.493 e. The number of nitrogens with zero attached hydrogens (tertiary/aromatic N) is 1. The molecule has 0 radical (unpaired) electrons. The van der Waals surface area contributed by atoms with Crippen LogP contribution in [0.25, 0.3) is 0 Å². The summed E-state index contributed by atoms with van der Waals surface area (Å²) < 4.78 is 12.0. The zero-order valence-corrected chi connectivity index (χ0v) is 20.4. The van der Waals surface area contributed by atoms with Crippen LogP contribution in [0.1, 0.15) is 56.1 Å². The second-order valence-electron chi connectivity index (χ2n) is 7.57. The molecule has 7 heteroatoms. The van der Waals surface area contributed by atoms with E-state index in [4.69, 9.17) is 9.47 Å². The molecule has 2 aromatic rings. The van der Waals surface area contributed by atoms with E-state index in [0.29, 0.717) is 23.6 Å². The summed E-state index contributed by atoms with van der Waals surface area (Å²) in [6.07, 6.45) is 0.837. The summed E-state index contributed by atoms with van der Waals surface area (Å²) in [6, 6.07) is 12.9. The molecule has 0 fully saturated rings. The highest BCUT2D eigenvalue weighted by molar-refractivity contribution is 9.10. The Balaban J connectivity index is 2.23. The number of amides is 2. The Bertz CT molecular complexity index is 901. The first-order valence-corrected chi connectivity index (χ1v) is 11.2. The summed E-state index contributed by atoms with van der Waals surface area (Å²) in [6.45, 7) is 8.34. The molecule has 0 aliphatic carbocycles. The maximum atomic E-state index is 13.4. The van der Waals surface area contributed by atoms with Gasteiger partial charge >= 0.3 is 0 Å². The van der Waals surface area contributed by atoms with Gasteiger partial charge in [0.2, 0.25) is 0 Å².